The molecule has 3 heterocycles. The third-order valence-electron chi connectivity index (χ3n) is 5.83. The van der Waals surface area contributed by atoms with E-state index in [9.17, 15) is 4.79 Å². The van der Waals surface area contributed by atoms with Gasteiger partial charge in [0, 0.05) is 35.4 Å². The summed E-state index contributed by atoms with van der Waals surface area (Å²) in [7, 11) is 0. The maximum atomic E-state index is 12.9. The largest absolute Gasteiger partial charge is 0.340 e. The molecule has 1 aliphatic rings. The van der Waals surface area contributed by atoms with Crippen molar-refractivity contribution < 1.29 is 4.79 Å². The number of carbonyl (C=O) groups excluding carboxylic acids is 1. The van der Waals surface area contributed by atoms with Crippen LogP contribution in [0.5, 0.6) is 0 Å². The van der Waals surface area contributed by atoms with Gasteiger partial charge in [-0.3, -0.25) is 9.78 Å². The lowest BCUT2D eigenvalue weighted by atomic mass is 9.92. The molecule has 1 aliphatic heterocycles. The highest BCUT2D eigenvalue weighted by Gasteiger charge is 2.26. The number of amides is 1. The number of carbonyl (C=O) groups is 1. The molecule has 3 aromatic rings. The number of likely N-dealkylation sites (tertiary alicyclic amines) is 1. The van der Waals surface area contributed by atoms with Crippen molar-refractivity contribution in [2.75, 3.05) is 13.1 Å². The van der Waals surface area contributed by atoms with Crippen molar-refractivity contribution in [3.63, 3.8) is 0 Å². The lowest BCUT2D eigenvalue weighted by Gasteiger charge is -2.33. The van der Waals surface area contributed by atoms with Crippen LogP contribution in [0.15, 0.2) is 36.4 Å². The van der Waals surface area contributed by atoms with Crippen LogP contribution in [0.25, 0.3) is 0 Å². The molecule has 0 saturated carbocycles. The summed E-state index contributed by atoms with van der Waals surface area (Å²) in [5.74, 6) is 1.78. The molecule has 0 N–H and O–H groups in total. The molecule has 0 aliphatic carbocycles. The van der Waals surface area contributed by atoms with Crippen LogP contribution >= 0.6 is 11.6 Å². The molecule has 0 spiro atoms. The van der Waals surface area contributed by atoms with Crippen LogP contribution in [0.2, 0.25) is 5.02 Å². The topological polar surface area (TPSA) is 63.9 Å². The number of aromatic nitrogens is 4. The molecular formula is C24H28ClN5O. The molecule has 4 rings (SSSR count). The molecule has 162 valence electrons. The van der Waals surface area contributed by atoms with Crippen LogP contribution in [-0.4, -0.2) is 43.6 Å². The fourth-order valence-electron chi connectivity index (χ4n) is 4.33. The van der Waals surface area contributed by atoms with Gasteiger partial charge in [0.25, 0.3) is 0 Å². The number of halogens is 1. The second kappa shape index (κ2) is 9.18. The van der Waals surface area contributed by atoms with Crippen molar-refractivity contribution in [2.24, 2.45) is 0 Å². The predicted octanol–water partition coefficient (Wildman–Crippen LogP) is 4.25. The average Bonchev–Trinajstić information content (AvgIpc) is 3.06. The predicted molar refractivity (Wildman–Crippen MR) is 121 cm³/mol. The number of benzene rings is 1. The second-order valence-electron chi connectivity index (χ2n) is 8.35. The van der Waals surface area contributed by atoms with Gasteiger partial charge in [0.15, 0.2) is 0 Å². The van der Waals surface area contributed by atoms with Gasteiger partial charge in [-0.1, -0.05) is 29.8 Å². The zero-order chi connectivity index (χ0) is 22.0. The molecule has 1 saturated heterocycles. The summed E-state index contributed by atoms with van der Waals surface area (Å²) in [5, 5.41) is 5.11. The van der Waals surface area contributed by atoms with E-state index in [0.717, 1.165) is 53.6 Å². The van der Waals surface area contributed by atoms with Gasteiger partial charge in [-0.15, -0.1) is 0 Å². The third kappa shape index (κ3) is 5.13. The number of rotatable bonds is 5. The van der Waals surface area contributed by atoms with E-state index in [0.29, 0.717) is 12.4 Å². The lowest BCUT2D eigenvalue weighted by molar-refractivity contribution is -0.133. The van der Waals surface area contributed by atoms with Crippen LogP contribution in [0.4, 0.5) is 0 Å². The van der Waals surface area contributed by atoms with Crippen LogP contribution in [-0.2, 0) is 17.8 Å². The molecule has 0 bridgehead atoms. The summed E-state index contributed by atoms with van der Waals surface area (Å²) in [6, 6.07) is 12.2. The Bertz CT molecular complexity index is 1090. The van der Waals surface area contributed by atoms with E-state index in [1.165, 1.54) is 5.56 Å². The number of aryl methyl sites for hydroxylation is 3. The van der Waals surface area contributed by atoms with Gasteiger partial charge in [-0.2, -0.15) is 5.10 Å². The van der Waals surface area contributed by atoms with Crippen LogP contribution < -0.4 is 0 Å². The van der Waals surface area contributed by atoms with E-state index >= 15 is 0 Å². The SMILES string of the molecule is Cc1cc(Cc2ccccc2Cl)cc(C2CCCN(C(=O)Cn3nc(C)nc3C)C2)n1. The highest BCUT2D eigenvalue weighted by Crippen LogP contribution is 2.28. The van der Waals surface area contributed by atoms with E-state index in [-0.39, 0.29) is 18.4 Å². The van der Waals surface area contributed by atoms with Gasteiger partial charge in [0.1, 0.15) is 18.2 Å². The van der Waals surface area contributed by atoms with Crippen molar-refractivity contribution >= 4 is 17.5 Å². The minimum absolute atomic E-state index is 0.0849. The normalized spacial score (nSPS) is 16.5. The Labute approximate surface area is 188 Å². The Morgan fingerprint density at radius 1 is 1.16 bits per heavy atom. The fraction of sp³-hybridized carbons (Fsp3) is 0.417. The first-order chi connectivity index (χ1) is 14.9. The maximum Gasteiger partial charge on any atom is 0.244 e. The van der Waals surface area contributed by atoms with Crippen molar-refractivity contribution in [3.8, 4) is 0 Å². The molecule has 1 unspecified atom stereocenters. The van der Waals surface area contributed by atoms with Crippen LogP contribution in [0.1, 0.15) is 52.9 Å². The van der Waals surface area contributed by atoms with Gasteiger partial charge in [0.05, 0.1) is 0 Å². The first kappa shape index (κ1) is 21.5. The summed E-state index contributed by atoms with van der Waals surface area (Å²) in [5.41, 5.74) is 4.37. The molecule has 1 fully saturated rings. The molecule has 0 radical (unpaired) electrons. The van der Waals surface area contributed by atoms with Crippen molar-refractivity contribution in [1.29, 1.82) is 0 Å². The molecule has 31 heavy (non-hydrogen) atoms. The lowest BCUT2D eigenvalue weighted by Crippen LogP contribution is -2.41. The molecule has 1 atom stereocenters. The Morgan fingerprint density at radius 2 is 1.97 bits per heavy atom. The highest BCUT2D eigenvalue weighted by atomic mass is 35.5. The summed E-state index contributed by atoms with van der Waals surface area (Å²) in [6.07, 6.45) is 2.78. The summed E-state index contributed by atoms with van der Waals surface area (Å²) < 4.78 is 1.69. The molecule has 6 nitrogen and oxygen atoms in total. The number of nitrogens with zero attached hydrogens (tertiary/aromatic N) is 5. The van der Waals surface area contributed by atoms with Gasteiger partial charge in [0.2, 0.25) is 5.91 Å². The van der Waals surface area contributed by atoms with Crippen molar-refractivity contribution in [2.45, 2.75) is 52.5 Å². The van der Waals surface area contributed by atoms with Gasteiger partial charge in [-0.05, 0) is 69.4 Å². The minimum atomic E-state index is 0.0849. The average molecular weight is 438 g/mol. The zero-order valence-corrected chi connectivity index (χ0v) is 19.1. The first-order valence-corrected chi connectivity index (χ1v) is 11.1. The second-order valence-corrected chi connectivity index (χ2v) is 8.76. The molecule has 1 amide bonds. The van der Waals surface area contributed by atoms with E-state index in [2.05, 4.69) is 28.3 Å². The van der Waals surface area contributed by atoms with Gasteiger partial charge in [-0.25, -0.2) is 9.67 Å². The summed E-state index contributed by atoms with van der Waals surface area (Å²) >= 11 is 6.36. The van der Waals surface area contributed by atoms with Crippen LogP contribution in [0.3, 0.4) is 0 Å². The molecular weight excluding hydrogens is 410 g/mol. The minimum Gasteiger partial charge on any atom is -0.340 e. The van der Waals surface area contributed by atoms with E-state index in [1.807, 2.05) is 43.9 Å². The quantitative estimate of drug-likeness (QED) is 0.598. The smallest absolute Gasteiger partial charge is 0.244 e. The van der Waals surface area contributed by atoms with Crippen molar-refractivity contribution in [3.05, 3.63) is 75.6 Å². The van der Waals surface area contributed by atoms with Crippen LogP contribution in [0, 0.1) is 20.8 Å². The maximum absolute atomic E-state index is 12.9. The van der Waals surface area contributed by atoms with E-state index in [1.54, 1.807) is 4.68 Å². The fourth-order valence-corrected chi connectivity index (χ4v) is 4.53. The van der Waals surface area contributed by atoms with Gasteiger partial charge >= 0.3 is 0 Å². The number of piperidine rings is 1. The Hall–Kier alpha value is -2.73. The van der Waals surface area contributed by atoms with Crippen molar-refractivity contribution in [1.82, 2.24) is 24.6 Å². The third-order valence-corrected chi connectivity index (χ3v) is 6.19. The molecule has 7 heteroatoms. The number of hydrogen-bond donors (Lipinski definition) is 0. The molecule has 2 aromatic heterocycles. The van der Waals surface area contributed by atoms with E-state index < -0.39 is 0 Å². The number of pyridine rings is 1. The van der Waals surface area contributed by atoms with E-state index in [4.69, 9.17) is 16.6 Å². The first-order valence-electron chi connectivity index (χ1n) is 10.8. The zero-order valence-electron chi connectivity index (χ0n) is 18.3. The van der Waals surface area contributed by atoms with Gasteiger partial charge < -0.3 is 4.90 Å². The summed E-state index contributed by atoms with van der Waals surface area (Å²) in [6.45, 7) is 7.45. The highest BCUT2D eigenvalue weighted by molar-refractivity contribution is 6.31. The standard InChI is InChI=1S/C24H28ClN5O/c1-16-11-19(12-20-7-4-5-9-22(20)25)13-23(26-16)21-8-6-10-29(14-21)24(31)15-30-18(3)27-17(2)28-30/h4-5,7,9,11,13,21H,6,8,10,12,14-15H2,1-3H3. The Kier molecular flexibility index (Phi) is 6.37. The number of hydrogen-bond acceptors (Lipinski definition) is 4. The Balaban J connectivity index is 1.49. The monoisotopic (exact) mass is 437 g/mol. The Morgan fingerprint density at radius 3 is 2.71 bits per heavy atom. The summed E-state index contributed by atoms with van der Waals surface area (Å²) in [4.78, 5) is 24.0. The molecule has 1 aromatic carbocycles.